The molecule has 100 valence electrons. The first-order chi connectivity index (χ1) is 8.80. The van der Waals surface area contributed by atoms with Crippen LogP contribution in [-0.4, -0.2) is 25.7 Å². The summed E-state index contributed by atoms with van der Waals surface area (Å²) in [6.07, 6.45) is 2.02. The van der Waals surface area contributed by atoms with E-state index in [-0.39, 0.29) is 6.04 Å². The fraction of sp³-hybridized carbons (Fsp3) is 0.462. The minimum atomic E-state index is 0.113. The van der Waals surface area contributed by atoms with Crippen LogP contribution in [0.3, 0.4) is 0 Å². The number of anilines is 1. The molecule has 0 radical (unpaired) electrons. The van der Waals surface area contributed by atoms with Gasteiger partial charge in [-0.3, -0.25) is 5.43 Å². The van der Waals surface area contributed by atoms with Crippen LogP contribution in [0.15, 0.2) is 35.3 Å². The largest absolute Gasteiger partial charge is 0.382 e. The van der Waals surface area contributed by atoms with E-state index in [1.807, 2.05) is 30.3 Å². The second-order valence-electron chi connectivity index (χ2n) is 4.01. The lowest BCUT2D eigenvalue weighted by atomic mass is 10.2. The summed E-state index contributed by atoms with van der Waals surface area (Å²) >= 11 is 0. The zero-order valence-corrected chi connectivity index (χ0v) is 11.0. The lowest BCUT2D eigenvalue weighted by molar-refractivity contribution is 0.177. The van der Waals surface area contributed by atoms with Gasteiger partial charge in [0.25, 0.3) is 0 Å². The number of methoxy groups -OCH3 is 1. The van der Waals surface area contributed by atoms with Crippen LogP contribution < -0.4 is 16.6 Å². The average molecular weight is 250 g/mol. The lowest BCUT2D eigenvalue weighted by Gasteiger charge is -2.14. The number of guanidine groups is 1. The molecule has 0 heterocycles. The monoisotopic (exact) mass is 250 g/mol. The molecule has 4 N–H and O–H groups in total. The number of ether oxygens (including phenoxy) is 1. The van der Waals surface area contributed by atoms with Gasteiger partial charge >= 0.3 is 0 Å². The van der Waals surface area contributed by atoms with Crippen LogP contribution in [0.1, 0.15) is 19.8 Å². The first-order valence-corrected chi connectivity index (χ1v) is 6.15. The Balaban J connectivity index is 2.68. The zero-order chi connectivity index (χ0) is 13.2. The summed E-state index contributed by atoms with van der Waals surface area (Å²) in [5, 5.41) is 3.13. The number of para-hydroxylation sites is 1. The molecule has 0 saturated carbocycles. The molecule has 1 atom stereocenters. The van der Waals surface area contributed by atoms with Gasteiger partial charge in [-0.25, -0.2) is 10.8 Å². The topological polar surface area (TPSA) is 71.7 Å². The Morgan fingerprint density at radius 2 is 2.11 bits per heavy atom. The molecule has 1 rings (SSSR count). The third-order valence-electron chi connectivity index (χ3n) is 2.47. The minimum Gasteiger partial charge on any atom is -0.382 e. The Morgan fingerprint density at radius 1 is 1.39 bits per heavy atom. The van der Waals surface area contributed by atoms with Gasteiger partial charge in [0.2, 0.25) is 5.96 Å². The smallest absolute Gasteiger partial charge is 0.210 e. The van der Waals surface area contributed by atoms with E-state index in [0.29, 0.717) is 12.6 Å². The van der Waals surface area contributed by atoms with E-state index in [0.717, 1.165) is 18.5 Å². The van der Waals surface area contributed by atoms with Crippen molar-refractivity contribution in [3.8, 4) is 0 Å². The lowest BCUT2D eigenvalue weighted by Crippen LogP contribution is -2.37. The minimum absolute atomic E-state index is 0.113. The van der Waals surface area contributed by atoms with Gasteiger partial charge in [0.15, 0.2) is 0 Å². The molecule has 1 unspecified atom stereocenters. The summed E-state index contributed by atoms with van der Waals surface area (Å²) in [5.41, 5.74) is 3.53. The molecular weight excluding hydrogens is 228 g/mol. The maximum atomic E-state index is 5.48. The second kappa shape index (κ2) is 8.49. The van der Waals surface area contributed by atoms with E-state index in [1.165, 1.54) is 0 Å². The Hall–Kier alpha value is -1.59. The predicted molar refractivity (Wildman–Crippen MR) is 75.4 cm³/mol. The summed E-state index contributed by atoms with van der Waals surface area (Å²) in [6.45, 7) is 2.72. The van der Waals surface area contributed by atoms with E-state index in [2.05, 4.69) is 22.7 Å². The molecule has 0 fully saturated rings. The van der Waals surface area contributed by atoms with Gasteiger partial charge in [-0.15, -0.1) is 0 Å². The van der Waals surface area contributed by atoms with Crippen LogP contribution in [-0.2, 0) is 4.74 Å². The van der Waals surface area contributed by atoms with E-state index in [9.17, 15) is 0 Å². The van der Waals surface area contributed by atoms with Crippen molar-refractivity contribution in [1.82, 2.24) is 5.43 Å². The first kappa shape index (κ1) is 14.5. The van der Waals surface area contributed by atoms with Crippen molar-refractivity contribution in [3.05, 3.63) is 30.3 Å². The maximum Gasteiger partial charge on any atom is 0.210 e. The summed E-state index contributed by atoms with van der Waals surface area (Å²) in [4.78, 5) is 4.51. The highest BCUT2D eigenvalue weighted by Gasteiger charge is 2.07. The van der Waals surface area contributed by atoms with Crippen molar-refractivity contribution >= 4 is 11.6 Å². The van der Waals surface area contributed by atoms with Crippen molar-refractivity contribution in [2.45, 2.75) is 25.8 Å². The Bertz CT molecular complexity index is 347. The third kappa shape index (κ3) is 5.16. The summed E-state index contributed by atoms with van der Waals surface area (Å²) in [5.74, 6) is 6.03. The number of nitrogens with zero attached hydrogens (tertiary/aromatic N) is 1. The van der Waals surface area contributed by atoms with Crippen LogP contribution in [0, 0.1) is 0 Å². The van der Waals surface area contributed by atoms with Gasteiger partial charge in [-0.1, -0.05) is 31.5 Å². The van der Waals surface area contributed by atoms with Gasteiger partial charge in [0.1, 0.15) is 0 Å². The summed E-state index contributed by atoms with van der Waals surface area (Å²) < 4.78 is 5.15. The third-order valence-corrected chi connectivity index (χ3v) is 2.47. The number of aliphatic imine (C=N–C) groups is 1. The van der Waals surface area contributed by atoms with Crippen molar-refractivity contribution in [1.29, 1.82) is 0 Å². The second-order valence-corrected chi connectivity index (χ2v) is 4.01. The molecule has 18 heavy (non-hydrogen) atoms. The Labute approximate surface area is 108 Å². The Morgan fingerprint density at radius 3 is 2.67 bits per heavy atom. The standard InChI is InChI=1S/C13H22N4O/c1-3-7-12(10-18-2)16-13(17-14)15-11-8-5-4-6-9-11/h4-6,8-9,12H,3,7,10,14H2,1-2H3,(H2,15,16,17). The maximum absolute atomic E-state index is 5.48. The highest BCUT2D eigenvalue weighted by Crippen LogP contribution is 2.06. The molecule has 0 aliphatic rings. The van der Waals surface area contributed by atoms with Gasteiger partial charge in [0, 0.05) is 12.8 Å². The zero-order valence-electron chi connectivity index (χ0n) is 11.0. The summed E-state index contributed by atoms with van der Waals surface area (Å²) in [7, 11) is 1.68. The van der Waals surface area contributed by atoms with Crippen molar-refractivity contribution < 1.29 is 4.74 Å². The molecule has 0 amide bonds. The molecule has 0 aliphatic carbocycles. The number of hydrogen-bond acceptors (Lipinski definition) is 3. The van der Waals surface area contributed by atoms with Crippen LogP contribution in [0.4, 0.5) is 5.69 Å². The SMILES string of the molecule is CCCC(COC)N=C(NN)Nc1ccccc1. The number of benzene rings is 1. The quantitative estimate of drug-likeness (QED) is 0.311. The van der Waals surface area contributed by atoms with Crippen LogP contribution in [0.5, 0.6) is 0 Å². The Kier molecular flexibility index (Phi) is 6.83. The first-order valence-electron chi connectivity index (χ1n) is 6.15. The normalized spacial score (nSPS) is 13.2. The number of rotatable bonds is 6. The number of hydrogen-bond donors (Lipinski definition) is 3. The number of nitrogens with one attached hydrogen (secondary N) is 2. The molecule has 1 aromatic carbocycles. The molecule has 1 aromatic rings. The van der Waals surface area contributed by atoms with E-state index >= 15 is 0 Å². The molecular formula is C13H22N4O. The molecule has 0 saturated heterocycles. The van der Waals surface area contributed by atoms with Crippen molar-refractivity contribution in [2.24, 2.45) is 10.8 Å². The molecule has 0 aliphatic heterocycles. The van der Waals surface area contributed by atoms with Gasteiger partial charge in [-0.05, 0) is 18.6 Å². The van der Waals surface area contributed by atoms with E-state index in [1.54, 1.807) is 7.11 Å². The predicted octanol–water partition coefficient (Wildman–Crippen LogP) is 1.73. The molecule has 5 nitrogen and oxygen atoms in total. The van der Waals surface area contributed by atoms with Crippen molar-refractivity contribution in [2.75, 3.05) is 19.0 Å². The van der Waals surface area contributed by atoms with E-state index < -0.39 is 0 Å². The van der Waals surface area contributed by atoms with Crippen molar-refractivity contribution in [3.63, 3.8) is 0 Å². The number of nitrogens with two attached hydrogens (primary N) is 1. The fourth-order valence-corrected chi connectivity index (χ4v) is 1.66. The molecule has 5 heteroatoms. The fourth-order valence-electron chi connectivity index (χ4n) is 1.66. The summed E-state index contributed by atoms with van der Waals surface area (Å²) in [6, 6.07) is 9.89. The van der Waals surface area contributed by atoms with Gasteiger partial charge < -0.3 is 10.1 Å². The highest BCUT2D eigenvalue weighted by molar-refractivity contribution is 5.93. The molecule has 0 aromatic heterocycles. The van der Waals surface area contributed by atoms with Crippen LogP contribution >= 0.6 is 0 Å². The average Bonchev–Trinajstić information content (AvgIpc) is 2.39. The highest BCUT2D eigenvalue weighted by atomic mass is 16.5. The van der Waals surface area contributed by atoms with Gasteiger partial charge in [0.05, 0.1) is 12.6 Å². The molecule has 0 spiro atoms. The molecule has 0 bridgehead atoms. The van der Waals surface area contributed by atoms with Crippen LogP contribution in [0.2, 0.25) is 0 Å². The number of hydrazine groups is 1. The van der Waals surface area contributed by atoms with Gasteiger partial charge in [-0.2, -0.15) is 0 Å². The van der Waals surface area contributed by atoms with Crippen LogP contribution in [0.25, 0.3) is 0 Å². The van der Waals surface area contributed by atoms with E-state index in [4.69, 9.17) is 10.6 Å².